The topological polar surface area (TPSA) is 20.3 Å². The van der Waals surface area contributed by atoms with E-state index < -0.39 is 0 Å². The molecule has 3 saturated carbocycles. The highest BCUT2D eigenvalue weighted by Crippen LogP contribution is 2.35. The van der Waals surface area contributed by atoms with E-state index in [1.165, 1.54) is 64.3 Å². The molecule has 2 nitrogen and oxygen atoms in total. The lowest BCUT2D eigenvalue weighted by atomic mass is 9.86. The summed E-state index contributed by atoms with van der Waals surface area (Å²) in [6.07, 6.45) is 11.7. The number of carbonyl (C=O) groups excluding carboxylic acids is 1. The van der Waals surface area contributed by atoms with Gasteiger partial charge in [0, 0.05) is 18.5 Å². The van der Waals surface area contributed by atoms with Crippen LogP contribution in [0.25, 0.3) is 0 Å². The smallest absolute Gasteiger partial charge is 0.149 e. The molecular formula is C15H25NO. The van der Waals surface area contributed by atoms with Crippen LogP contribution in [-0.2, 0) is 4.79 Å². The zero-order valence-corrected chi connectivity index (χ0v) is 10.9. The number of nitrogens with zero attached hydrogens (tertiary/aromatic N) is 1. The molecule has 3 aliphatic carbocycles. The first-order valence-electron chi connectivity index (χ1n) is 7.59. The van der Waals surface area contributed by atoms with Crippen LogP contribution in [0.4, 0.5) is 0 Å². The van der Waals surface area contributed by atoms with Gasteiger partial charge in [-0.25, -0.2) is 0 Å². The zero-order chi connectivity index (χ0) is 11.7. The molecule has 0 unspecified atom stereocenters. The van der Waals surface area contributed by atoms with Crippen LogP contribution in [0.1, 0.15) is 57.8 Å². The Kier molecular flexibility index (Phi) is 3.51. The third kappa shape index (κ3) is 3.31. The Bertz CT molecular complexity index is 275. The Labute approximate surface area is 105 Å². The summed E-state index contributed by atoms with van der Waals surface area (Å²) in [5.41, 5.74) is 0. The molecule has 17 heavy (non-hydrogen) atoms. The average molecular weight is 235 g/mol. The van der Waals surface area contributed by atoms with Gasteiger partial charge in [0.2, 0.25) is 0 Å². The highest BCUT2D eigenvalue weighted by atomic mass is 16.1. The molecule has 0 aromatic carbocycles. The first-order chi connectivity index (χ1) is 8.33. The molecule has 2 heteroatoms. The van der Waals surface area contributed by atoms with Crippen LogP contribution < -0.4 is 0 Å². The largest absolute Gasteiger partial charge is 0.298 e. The van der Waals surface area contributed by atoms with Gasteiger partial charge in [-0.05, 0) is 44.4 Å². The molecule has 0 amide bonds. The van der Waals surface area contributed by atoms with E-state index in [0.717, 1.165) is 18.5 Å². The third-order valence-electron chi connectivity index (χ3n) is 4.67. The van der Waals surface area contributed by atoms with Crippen molar-refractivity contribution in [3.63, 3.8) is 0 Å². The lowest BCUT2D eigenvalue weighted by Crippen LogP contribution is -2.36. The molecule has 0 N–H and O–H groups in total. The Morgan fingerprint density at radius 3 is 2.24 bits per heavy atom. The molecule has 0 aromatic rings. The number of hydrogen-bond acceptors (Lipinski definition) is 2. The number of rotatable bonds is 6. The van der Waals surface area contributed by atoms with Gasteiger partial charge in [0.1, 0.15) is 5.78 Å². The monoisotopic (exact) mass is 235 g/mol. The van der Waals surface area contributed by atoms with Gasteiger partial charge in [-0.15, -0.1) is 0 Å². The van der Waals surface area contributed by atoms with Gasteiger partial charge in [0.05, 0.1) is 6.54 Å². The quantitative estimate of drug-likeness (QED) is 0.705. The molecule has 0 aliphatic heterocycles. The van der Waals surface area contributed by atoms with E-state index >= 15 is 0 Å². The maximum absolute atomic E-state index is 12.3. The number of hydrogen-bond donors (Lipinski definition) is 0. The summed E-state index contributed by atoms with van der Waals surface area (Å²) in [4.78, 5) is 14.8. The van der Waals surface area contributed by atoms with E-state index in [4.69, 9.17) is 0 Å². The second-order valence-corrected chi connectivity index (χ2v) is 6.41. The van der Waals surface area contributed by atoms with E-state index in [2.05, 4.69) is 4.90 Å². The fourth-order valence-corrected chi connectivity index (χ4v) is 3.17. The van der Waals surface area contributed by atoms with E-state index in [0.29, 0.717) is 11.7 Å². The van der Waals surface area contributed by atoms with Crippen LogP contribution in [0.3, 0.4) is 0 Å². The van der Waals surface area contributed by atoms with Crippen molar-refractivity contribution in [2.45, 2.75) is 63.8 Å². The number of ketones is 1. The first kappa shape index (κ1) is 11.7. The molecule has 0 spiro atoms. The highest BCUT2D eigenvalue weighted by Gasteiger charge is 2.35. The van der Waals surface area contributed by atoms with Crippen molar-refractivity contribution in [3.8, 4) is 0 Å². The second kappa shape index (κ2) is 5.09. The molecular weight excluding hydrogens is 210 g/mol. The van der Waals surface area contributed by atoms with E-state index in [1.807, 2.05) is 0 Å². The maximum Gasteiger partial charge on any atom is 0.149 e. The van der Waals surface area contributed by atoms with Gasteiger partial charge in [-0.2, -0.15) is 0 Å². The SMILES string of the molecule is O=C(CN(CC1CC1)C1CC1)C1CCCCC1. The van der Waals surface area contributed by atoms with Crippen molar-refractivity contribution in [2.24, 2.45) is 11.8 Å². The minimum Gasteiger partial charge on any atom is -0.298 e. The average Bonchev–Trinajstić information content (AvgIpc) is 3.22. The maximum atomic E-state index is 12.3. The predicted molar refractivity (Wildman–Crippen MR) is 68.9 cm³/mol. The number of Topliss-reactive ketones (excluding diaryl/α,β-unsaturated/α-hetero) is 1. The fourth-order valence-electron chi connectivity index (χ4n) is 3.17. The van der Waals surface area contributed by atoms with Gasteiger partial charge < -0.3 is 0 Å². The molecule has 0 heterocycles. The van der Waals surface area contributed by atoms with Crippen LogP contribution >= 0.6 is 0 Å². The summed E-state index contributed by atoms with van der Waals surface area (Å²) in [5.74, 6) is 1.89. The van der Waals surface area contributed by atoms with Gasteiger partial charge in [0.15, 0.2) is 0 Å². The highest BCUT2D eigenvalue weighted by molar-refractivity contribution is 5.83. The fraction of sp³-hybridized carbons (Fsp3) is 0.933. The minimum atomic E-state index is 0.407. The molecule has 0 aromatic heterocycles. The molecule has 3 aliphatic rings. The molecule has 0 radical (unpaired) electrons. The van der Waals surface area contributed by atoms with E-state index in [9.17, 15) is 4.79 Å². The normalized spacial score (nSPS) is 26.4. The van der Waals surface area contributed by atoms with Crippen molar-refractivity contribution < 1.29 is 4.79 Å². The zero-order valence-electron chi connectivity index (χ0n) is 10.9. The lowest BCUT2D eigenvalue weighted by Gasteiger charge is -2.26. The first-order valence-corrected chi connectivity index (χ1v) is 7.59. The lowest BCUT2D eigenvalue weighted by molar-refractivity contribution is -0.125. The molecule has 0 atom stereocenters. The summed E-state index contributed by atoms with van der Waals surface area (Å²) in [5, 5.41) is 0. The van der Waals surface area contributed by atoms with Gasteiger partial charge in [-0.3, -0.25) is 9.69 Å². The van der Waals surface area contributed by atoms with Crippen molar-refractivity contribution >= 4 is 5.78 Å². The molecule has 0 saturated heterocycles. The van der Waals surface area contributed by atoms with Crippen LogP contribution in [0.5, 0.6) is 0 Å². The van der Waals surface area contributed by atoms with Crippen LogP contribution in [-0.4, -0.2) is 29.8 Å². The summed E-state index contributed by atoms with van der Waals surface area (Å²) >= 11 is 0. The Hall–Kier alpha value is -0.370. The summed E-state index contributed by atoms with van der Waals surface area (Å²) in [6.45, 7) is 1.98. The summed E-state index contributed by atoms with van der Waals surface area (Å²) in [7, 11) is 0. The van der Waals surface area contributed by atoms with Gasteiger partial charge >= 0.3 is 0 Å². The van der Waals surface area contributed by atoms with Gasteiger partial charge in [0.25, 0.3) is 0 Å². The molecule has 0 bridgehead atoms. The van der Waals surface area contributed by atoms with Crippen molar-refractivity contribution in [3.05, 3.63) is 0 Å². The summed E-state index contributed by atoms with van der Waals surface area (Å²) in [6, 6.07) is 0.767. The van der Waals surface area contributed by atoms with E-state index in [1.54, 1.807) is 0 Å². The Balaban J connectivity index is 1.49. The van der Waals surface area contributed by atoms with Crippen LogP contribution in [0.2, 0.25) is 0 Å². The van der Waals surface area contributed by atoms with Crippen molar-refractivity contribution in [1.29, 1.82) is 0 Å². The Morgan fingerprint density at radius 1 is 0.941 bits per heavy atom. The second-order valence-electron chi connectivity index (χ2n) is 6.41. The van der Waals surface area contributed by atoms with Gasteiger partial charge in [-0.1, -0.05) is 19.3 Å². The summed E-state index contributed by atoms with van der Waals surface area (Å²) < 4.78 is 0. The molecule has 3 fully saturated rings. The van der Waals surface area contributed by atoms with E-state index in [-0.39, 0.29) is 0 Å². The third-order valence-corrected chi connectivity index (χ3v) is 4.67. The molecule has 3 rings (SSSR count). The van der Waals surface area contributed by atoms with Crippen molar-refractivity contribution in [1.82, 2.24) is 4.90 Å². The van der Waals surface area contributed by atoms with Crippen LogP contribution in [0.15, 0.2) is 0 Å². The minimum absolute atomic E-state index is 0.407. The molecule has 96 valence electrons. The van der Waals surface area contributed by atoms with Crippen molar-refractivity contribution in [2.75, 3.05) is 13.1 Å². The Morgan fingerprint density at radius 2 is 1.65 bits per heavy atom. The standard InChI is InChI=1S/C15H25NO/c17-15(13-4-2-1-3-5-13)11-16(14-8-9-14)10-12-6-7-12/h12-14H,1-11H2. The van der Waals surface area contributed by atoms with Crippen LogP contribution in [0, 0.1) is 11.8 Å². The number of carbonyl (C=O) groups is 1. The predicted octanol–water partition coefficient (Wildman–Crippen LogP) is 3.01.